The largest absolute Gasteiger partial charge is 0.461 e. The standard InChI is InChI=1S/C14H18N6O5/c1-4-25-14(22)11-8-10(16-18(11)3)13(21)15-5-6-19-9(2)7-12(17-19)20(23)24/h7-8H,4-6H2,1-3H3,(H,15,21). The van der Waals surface area contributed by atoms with Crippen LogP contribution in [0.5, 0.6) is 0 Å². The van der Waals surface area contributed by atoms with E-state index in [1.165, 1.54) is 28.5 Å². The Labute approximate surface area is 142 Å². The summed E-state index contributed by atoms with van der Waals surface area (Å²) in [5.41, 5.74) is 0.864. The van der Waals surface area contributed by atoms with Crippen LogP contribution in [0.15, 0.2) is 12.1 Å². The van der Waals surface area contributed by atoms with Gasteiger partial charge in [0.1, 0.15) is 5.69 Å². The summed E-state index contributed by atoms with van der Waals surface area (Å²) in [5, 5.41) is 21.1. The highest BCUT2D eigenvalue weighted by atomic mass is 16.6. The molecule has 134 valence electrons. The number of hydrogen-bond acceptors (Lipinski definition) is 7. The molecule has 2 rings (SSSR count). The summed E-state index contributed by atoms with van der Waals surface area (Å²) < 4.78 is 7.58. The van der Waals surface area contributed by atoms with E-state index in [9.17, 15) is 19.7 Å². The number of nitrogens with zero attached hydrogens (tertiary/aromatic N) is 5. The molecule has 0 saturated carbocycles. The Morgan fingerprint density at radius 3 is 2.68 bits per heavy atom. The van der Waals surface area contributed by atoms with Gasteiger partial charge >= 0.3 is 11.8 Å². The third-order valence-electron chi connectivity index (χ3n) is 3.36. The molecule has 0 aliphatic carbocycles. The first-order valence-corrected chi connectivity index (χ1v) is 7.51. The van der Waals surface area contributed by atoms with Crippen LogP contribution >= 0.6 is 0 Å². The zero-order valence-corrected chi connectivity index (χ0v) is 14.1. The Hall–Kier alpha value is -3.24. The molecule has 11 heteroatoms. The van der Waals surface area contributed by atoms with Crippen molar-refractivity contribution in [3.05, 3.63) is 39.3 Å². The lowest BCUT2D eigenvalue weighted by molar-refractivity contribution is -0.389. The molecule has 2 aromatic heterocycles. The normalized spacial score (nSPS) is 10.5. The molecule has 0 aliphatic rings. The average molecular weight is 350 g/mol. The van der Waals surface area contributed by atoms with Gasteiger partial charge in [-0.05, 0) is 18.8 Å². The third-order valence-corrected chi connectivity index (χ3v) is 3.36. The van der Waals surface area contributed by atoms with Crippen LogP contribution in [-0.4, -0.2) is 49.5 Å². The van der Waals surface area contributed by atoms with Gasteiger partial charge in [0.15, 0.2) is 5.69 Å². The van der Waals surface area contributed by atoms with Crippen LogP contribution in [0.3, 0.4) is 0 Å². The fourth-order valence-electron chi connectivity index (χ4n) is 2.15. The summed E-state index contributed by atoms with van der Waals surface area (Å²) in [5.74, 6) is -1.27. The van der Waals surface area contributed by atoms with Gasteiger partial charge in [-0.15, -0.1) is 0 Å². The Kier molecular flexibility index (Phi) is 5.47. The van der Waals surface area contributed by atoms with Crippen molar-refractivity contribution in [1.29, 1.82) is 0 Å². The number of aromatic nitrogens is 4. The highest BCUT2D eigenvalue weighted by Gasteiger charge is 2.19. The number of ether oxygens (including phenoxy) is 1. The van der Waals surface area contributed by atoms with Crippen molar-refractivity contribution in [3.63, 3.8) is 0 Å². The van der Waals surface area contributed by atoms with Gasteiger partial charge in [-0.2, -0.15) is 9.78 Å². The second kappa shape index (κ2) is 7.55. The van der Waals surface area contributed by atoms with E-state index < -0.39 is 16.8 Å². The molecule has 0 unspecified atom stereocenters. The number of nitrogens with one attached hydrogen (secondary N) is 1. The molecule has 0 aliphatic heterocycles. The monoisotopic (exact) mass is 350 g/mol. The van der Waals surface area contributed by atoms with Gasteiger partial charge in [0, 0.05) is 19.7 Å². The van der Waals surface area contributed by atoms with E-state index >= 15 is 0 Å². The maximum absolute atomic E-state index is 12.1. The van der Waals surface area contributed by atoms with Crippen molar-refractivity contribution in [3.8, 4) is 0 Å². The molecule has 0 aromatic carbocycles. The molecule has 1 N–H and O–H groups in total. The molecule has 0 fully saturated rings. The number of carbonyl (C=O) groups is 2. The molecule has 0 saturated heterocycles. The molecule has 1 amide bonds. The fourth-order valence-corrected chi connectivity index (χ4v) is 2.15. The summed E-state index contributed by atoms with van der Waals surface area (Å²) in [7, 11) is 1.54. The minimum absolute atomic E-state index is 0.0775. The van der Waals surface area contributed by atoms with Crippen LogP contribution in [0.25, 0.3) is 0 Å². The first kappa shape index (κ1) is 18.1. The fraction of sp³-hybridized carbons (Fsp3) is 0.429. The maximum atomic E-state index is 12.1. The Morgan fingerprint density at radius 1 is 1.36 bits per heavy atom. The smallest absolute Gasteiger partial charge is 0.390 e. The van der Waals surface area contributed by atoms with Gasteiger partial charge in [-0.3, -0.25) is 9.48 Å². The van der Waals surface area contributed by atoms with Gasteiger partial charge < -0.3 is 20.2 Å². The van der Waals surface area contributed by atoms with Crippen molar-refractivity contribution in [1.82, 2.24) is 24.9 Å². The number of aryl methyl sites for hydroxylation is 2. The first-order chi connectivity index (χ1) is 11.8. The lowest BCUT2D eigenvalue weighted by Crippen LogP contribution is -2.28. The Balaban J connectivity index is 1.96. The minimum atomic E-state index is -0.577. The highest BCUT2D eigenvalue weighted by molar-refractivity contribution is 5.95. The van der Waals surface area contributed by atoms with E-state index in [2.05, 4.69) is 15.5 Å². The molecule has 2 aromatic rings. The second-order valence-electron chi connectivity index (χ2n) is 5.14. The van der Waals surface area contributed by atoms with Crippen molar-refractivity contribution >= 4 is 17.7 Å². The van der Waals surface area contributed by atoms with Crippen LogP contribution < -0.4 is 5.32 Å². The molecule has 0 atom stereocenters. The quantitative estimate of drug-likeness (QED) is 0.435. The summed E-state index contributed by atoms with van der Waals surface area (Å²) >= 11 is 0. The van der Waals surface area contributed by atoms with Gasteiger partial charge in [0.25, 0.3) is 5.91 Å². The van der Waals surface area contributed by atoms with Crippen molar-refractivity contribution < 1.29 is 19.2 Å². The lowest BCUT2D eigenvalue weighted by atomic mass is 10.3. The molecule has 2 heterocycles. The number of rotatable bonds is 7. The summed E-state index contributed by atoms with van der Waals surface area (Å²) in [4.78, 5) is 33.9. The van der Waals surface area contributed by atoms with Crippen molar-refractivity contribution in [2.45, 2.75) is 20.4 Å². The molecule has 0 radical (unpaired) electrons. The number of amides is 1. The van der Waals surface area contributed by atoms with Crippen LogP contribution in [0.2, 0.25) is 0 Å². The highest BCUT2D eigenvalue weighted by Crippen LogP contribution is 2.10. The topological polar surface area (TPSA) is 134 Å². The SMILES string of the molecule is CCOC(=O)c1cc(C(=O)NCCn2nc([N+](=O)[O-])cc2C)nn1C. The third kappa shape index (κ3) is 4.19. The minimum Gasteiger partial charge on any atom is -0.461 e. The average Bonchev–Trinajstić information content (AvgIpc) is 3.11. The van der Waals surface area contributed by atoms with E-state index in [0.29, 0.717) is 5.69 Å². The zero-order chi connectivity index (χ0) is 18.6. The van der Waals surface area contributed by atoms with Crippen LogP contribution in [-0.2, 0) is 18.3 Å². The van der Waals surface area contributed by atoms with Crippen molar-refractivity contribution in [2.24, 2.45) is 7.05 Å². The van der Waals surface area contributed by atoms with Crippen LogP contribution in [0.1, 0.15) is 33.6 Å². The Bertz CT molecular complexity index is 809. The van der Waals surface area contributed by atoms with Gasteiger partial charge in [0.2, 0.25) is 0 Å². The molecule has 11 nitrogen and oxygen atoms in total. The lowest BCUT2D eigenvalue weighted by Gasteiger charge is -2.02. The predicted octanol–water partition coefficient (Wildman–Crippen LogP) is 0.440. The number of esters is 1. The summed E-state index contributed by atoms with van der Waals surface area (Å²) in [6, 6.07) is 2.70. The van der Waals surface area contributed by atoms with E-state index in [1.807, 2.05) is 0 Å². The van der Waals surface area contributed by atoms with E-state index in [0.717, 1.165) is 0 Å². The maximum Gasteiger partial charge on any atom is 0.390 e. The van der Waals surface area contributed by atoms with E-state index in [1.54, 1.807) is 13.8 Å². The van der Waals surface area contributed by atoms with Crippen LogP contribution in [0, 0.1) is 17.0 Å². The predicted molar refractivity (Wildman–Crippen MR) is 85.1 cm³/mol. The van der Waals surface area contributed by atoms with Gasteiger partial charge in [-0.1, -0.05) is 0 Å². The number of hydrogen-bond donors (Lipinski definition) is 1. The van der Waals surface area contributed by atoms with Crippen molar-refractivity contribution in [2.75, 3.05) is 13.2 Å². The molecule has 25 heavy (non-hydrogen) atoms. The molecule has 0 bridgehead atoms. The van der Waals surface area contributed by atoms with E-state index in [-0.39, 0.29) is 36.9 Å². The zero-order valence-electron chi connectivity index (χ0n) is 14.1. The first-order valence-electron chi connectivity index (χ1n) is 7.51. The van der Waals surface area contributed by atoms with Gasteiger partial charge in [0.05, 0.1) is 30.0 Å². The summed E-state index contributed by atoms with van der Waals surface area (Å²) in [6.45, 7) is 4.06. The number of carbonyl (C=O) groups excluding carboxylic acids is 2. The van der Waals surface area contributed by atoms with E-state index in [4.69, 9.17) is 4.74 Å². The second-order valence-corrected chi connectivity index (χ2v) is 5.14. The number of nitro groups is 1. The van der Waals surface area contributed by atoms with Gasteiger partial charge in [-0.25, -0.2) is 4.79 Å². The summed E-state index contributed by atoms with van der Waals surface area (Å²) in [6.07, 6.45) is 0. The molecular formula is C14H18N6O5. The molecular weight excluding hydrogens is 332 g/mol. The van der Waals surface area contributed by atoms with Crippen LogP contribution in [0.4, 0.5) is 5.82 Å². The Morgan fingerprint density at radius 2 is 2.08 bits per heavy atom. The molecule has 0 spiro atoms.